The van der Waals surface area contributed by atoms with E-state index in [0.717, 1.165) is 18.5 Å². The van der Waals surface area contributed by atoms with Gasteiger partial charge in [0.25, 0.3) is 0 Å². The van der Waals surface area contributed by atoms with E-state index in [1.54, 1.807) is 6.92 Å². The maximum absolute atomic E-state index is 11.3. The van der Waals surface area contributed by atoms with Gasteiger partial charge in [-0.15, -0.1) is 0 Å². The lowest BCUT2D eigenvalue weighted by atomic mass is 10.0. The van der Waals surface area contributed by atoms with E-state index in [1.165, 1.54) is 22.7 Å². The summed E-state index contributed by atoms with van der Waals surface area (Å²) in [7, 11) is 0. The van der Waals surface area contributed by atoms with Crippen LogP contribution in [-0.2, 0) is 12.8 Å². The third-order valence-corrected chi connectivity index (χ3v) is 4.17. The Balaban J connectivity index is 2.47. The van der Waals surface area contributed by atoms with Crippen LogP contribution in [0.1, 0.15) is 41.0 Å². The summed E-state index contributed by atoms with van der Waals surface area (Å²) < 4.78 is 4.14. The van der Waals surface area contributed by atoms with Gasteiger partial charge in [0.2, 0.25) is 0 Å². The fraction of sp³-hybridized carbons (Fsp3) is 0.333. The van der Waals surface area contributed by atoms with Crippen LogP contribution < -0.4 is 5.32 Å². The Bertz CT molecular complexity index is 613. The number of rotatable bonds is 5. The fourth-order valence-corrected chi connectivity index (χ4v) is 3.02. The van der Waals surface area contributed by atoms with Crippen LogP contribution in [0.4, 0.5) is 10.7 Å². The van der Waals surface area contributed by atoms with E-state index in [0.29, 0.717) is 10.7 Å². The number of nitrogens with one attached hydrogen (secondary N) is 1. The zero-order chi connectivity index (χ0) is 14.7. The number of para-hydroxylation sites is 1. The maximum Gasteiger partial charge on any atom is 0.340 e. The van der Waals surface area contributed by atoms with Crippen LogP contribution in [0.5, 0.6) is 0 Å². The van der Waals surface area contributed by atoms with E-state index in [9.17, 15) is 9.90 Å². The van der Waals surface area contributed by atoms with E-state index in [-0.39, 0.29) is 5.56 Å². The Labute approximate surface area is 122 Å². The first kappa shape index (κ1) is 14.5. The monoisotopic (exact) mass is 290 g/mol. The lowest BCUT2D eigenvalue weighted by Gasteiger charge is -2.14. The predicted octanol–water partition coefficient (Wildman–Crippen LogP) is 4.02. The summed E-state index contributed by atoms with van der Waals surface area (Å²) in [5.74, 6) is -0.939. The van der Waals surface area contributed by atoms with Gasteiger partial charge in [-0.3, -0.25) is 0 Å². The van der Waals surface area contributed by atoms with Gasteiger partial charge in [0.1, 0.15) is 10.6 Å². The number of carboxylic acid groups (broad SMARTS) is 1. The highest BCUT2D eigenvalue weighted by atomic mass is 32.1. The zero-order valence-electron chi connectivity index (χ0n) is 11.9. The van der Waals surface area contributed by atoms with Gasteiger partial charge < -0.3 is 10.4 Å². The van der Waals surface area contributed by atoms with Gasteiger partial charge in [0.05, 0.1) is 5.69 Å². The molecule has 0 aliphatic heterocycles. The molecule has 1 aromatic heterocycles. The number of carboxylic acids is 1. The van der Waals surface area contributed by atoms with E-state index in [4.69, 9.17) is 0 Å². The van der Waals surface area contributed by atoms with Gasteiger partial charge >= 0.3 is 5.97 Å². The van der Waals surface area contributed by atoms with Crippen LogP contribution in [0, 0.1) is 6.92 Å². The molecule has 0 radical (unpaired) electrons. The molecule has 2 aromatic rings. The van der Waals surface area contributed by atoms with E-state index < -0.39 is 5.97 Å². The second-order valence-corrected chi connectivity index (χ2v) is 5.33. The number of aryl methyl sites for hydroxylation is 3. The molecule has 0 saturated carbocycles. The van der Waals surface area contributed by atoms with Gasteiger partial charge in [-0.2, -0.15) is 4.37 Å². The van der Waals surface area contributed by atoms with E-state index in [1.807, 2.05) is 6.07 Å². The molecule has 2 rings (SSSR count). The quantitative estimate of drug-likeness (QED) is 0.873. The molecule has 0 bridgehead atoms. The predicted molar refractivity (Wildman–Crippen MR) is 82.3 cm³/mol. The van der Waals surface area contributed by atoms with Crippen LogP contribution in [0.15, 0.2) is 18.2 Å². The SMILES string of the molecule is CCc1cccc(CC)c1Nc1snc(C)c1C(=O)O. The normalized spacial score (nSPS) is 10.6. The summed E-state index contributed by atoms with van der Waals surface area (Å²) in [5.41, 5.74) is 4.21. The highest BCUT2D eigenvalue weighted by molar-refractivity contribution is 7.10. The molecular weight excluding hydrogens is 272 g/mol. The van der Waals surface area contributed by atoms with Crippen molar-refractivity contribution in [3.8, 4) is 0 Å². The van der Waals surface area contributed by atoms with Crippen molar-refractivity contribution in [3.63, 3.8) is 0 Å². The molecule has 0 fully saturated rings. The summed E-state index contributed by atoms with van der Waals surface area (Å²) in [4.78, 5) is 11.3. The first-order valence-corrected chi connectivity index (χ1v) is 7.43. The minimum atomic E-state index is -0.939. The second-order valence-electron chi connectivity index (χ2n) is 4.56. The summed E-state index contributed by atoms with van der Waals surface area (Å²) in [5, 5.41) is 13.2. The Hall–Kier alpha value is -1.88. The Morgan fingerprint density at radius 1 is 1.30 bits per heavy atom. The molecule has 2 N–H and O–H groups in total. The molecule has 20 heavy (non-hydrogen) atoms. The van der Waals surface area contributed by atoms with Crippen molar-refractivity contribution in [1.82, 2.24) is 4.37 Å². The molecule has 0 atom stereocenters. The average molecular weight is 290 g/mol. The van der Waals surface area contributed by atoms with Crippen LogP contribution in [-0.4, -0.2) is 15.4 Å². The lowest BCUT2D eigenvalue weighted by Crippen LogP contribution is -2.04. The van der Waals surface area contributed by atoms with Gasteiger partial charge in [-0.1, -0.05) is 32.0 Å². The molecule has 0 unspecified atom stereocenters. The number of aromatic carboxylic acids is 1. The molecule has 106 valence electrons. The largest absolute Gasteiger partial charge is 0.478 e. The molecule has 5 heteroatoms. The fourth-order valence-electron chi connectivity index (χ4n) is 2.22. The standard InChI is InChI=1S/C15H18N2O2S/c1-4-10-7-6-8-11(5-2)13(10)16-14-12(15(18)19)9(3)17-20-14/h6-8,16H,4-5H2,1-3H3,(H,18,19). The Kier molecular flexibility index (Phi) is 4.39. The first-order chi connectivity index (χ1) is 9.58. The van der Waals surface area contributed by atoms with Gasteiger partial charge in [0.15, 0.2) is 0 Å². The second kappa shape index (κ2) is 6.05. The van der Waals surface area contributed by atoms with E-state index in [2.05, 4.69) is 35.7 Å². The van der Waals surface area contributed by atoms with Crippen molar-refractivity contribution in [2.75, 3.05) is 5.32 Å². The number of benzene rings is 1. The highest BCUT2D eigenvalue weighted by Crippen LogP contribution is 2.32. The summed E-state index contributed by atoms with van der Waals surface area (Å²) in [6, 6.07) is 6.17. The molecule has 1 heterocycles. The minimum absolute atomic E-state index is 0.267. The topological polar surface area (TPSA) is 62.2 Å². The van der Waals surface area contributed by atoms with Crippen molar-refractivity contribution in [2.45, 2.75) is 33.6 Å². The average Bonchev–Trinajstić information content (AvgIpc) is 2.80. The number of hydrogen-bond donors (Lipinski definition) is 2. The number of nitrogens with zero attached hydrogens (tertiary/aromatic N) is 1. The molecule has 0 aliphatic rings. The van der Waals surface area contributed by atoms with Crippen molar-refractivity contribution in [1.29, 1.82) is 0 Å². The third-order valence-electron chi connectivity index (χ3n) is 3.31. The van der Waals surface area contributed by atoms with Crippen LogP contribution in [0.2, 0.25) is 0 Å². The molecule has 4 nitrogen and oxygen atoms in total. The van der Waals surface area contributed by atoms with Crippen LogP contribution >= 0.6 is 11.5 Å². The molecule has 0 aliphatic carbocycles. The van der Waals surface area contributed by atoms with Crippen LogP contribution in [0.3, 0.4) is 0 Å². The minimum Gasteiger partial charge on any atom is -0.478 e. The zero-order valence-corrected chi connectivity index (χ0v) is 12.7. The molecule has 0 amide bonds. The van der Waals surface area contributed by atoms with Gasteiger partial charge in [0, 0.05) is 5.69 Å². The van der Waals surface area contributed by atoms with Gasteiger partial charge in [-0.25, -0.2) is 4.79 Å². The smallest absolute Gasteiger partial charge is 0.340 e. The number of carbonyl (C=O) groups is 1. The first-order valence-electron chi connectivity index (χ1n) is 6.65. The molecule has 1 aromatic carbocycles. The Morgan fingerprint density at radius 2 is 1.90 bits per heavy atom. The maximum atomic E-state index is 11.3. The van der Waals surface area contributed by atoms with E-state index >= 15 is 0 Å². The summed E-state index contributed by atoms with van der Waals surface area (Å²) in [6.07, 6.45) is 1.80. The number of aromatic nitrogens is 1. The lowest BCUT2D eigenvalue weighted by molar-refractivity contribution is 0.0697. The molecular formula is C15H18N2O2S. The van der Waals surface area contributed by atoms with Crippen molar-refractivity contribution < 1.29 is 9.90 Å². The number of hydrogen-bond acceptors (Lipinski definition) is 4. The van der Waals surface area contributed by atoms with Crippen molar-refractivity contribution in [2.24, 2.45) is 0 Å². The van der Waals surface area contributed by atoms with Crippen molar-refractivity contribution in [3.05, 3.63) is 40.6 Å². The highest BCUT2D eigenvalue weighted by Gasteiger charge is 2.19. The molecule has 0 saturated heterocycles. The summed E-state index contributed by atoms with van der Waals surface area (Å²) in [6.45, 7) is 5.91. The number of anilines is 2. The van der Waals surface area contributed by atoms with Crippen LogP contribution in [0.25, 0.3) is 0 Å². The third kappa shape index (κ3) is 2.67. The molecule has 0 spiro atoms. The van der Waals surface area contributed by atoms with Gasteiger partial charge in [-0.05, 0) is 42.4 Å². The Morgan fingerprint density at radius 3 is 2.40 bits per heavy atom. The van der Waals surface area contributed by atoms with Crippen molar-refractivity contribution >= 4 is 28.2 Å². The summed E-state index contributed by atoms with van der Waals surface area (Å²) >= 11 is 1.20.